The lowest BCUT2D eigenvalue weighted by Crippen LogP contribution is -2.49. The van der Waals surface area contributed by atoms with E-state index >= 15 is 0 Å². The first-order chi connectivity index (χ1) is 8.22. The second-order valence-electron chi connectivity index (χ2n) is 6.40. The Bertz CT molecular complexity index is 297. The van der Waals surface area contributed by atoms with E-state index in [0.717, 1.165) is 30.8 Å². The maximum absolute atomic E-state index is 12.2. The number of carbonyl (C=O) groups excluding carboxylic acids is 1. The summed E-state index contributed by atoms with van der Waals surface area (Å²) >= 11 is 0. The van der Waals surface area contributed by atoms with E-state index in [2.05, 4.69) is 12.2 Å². The van der Waals surface area contributed by atoms with Crippen LogP contribution in [0.2, 0.25) is 0 Å². The highest BCUT2D eigenvalue weighted by atomic mass is 16.2. The summed E-state index contributed by atoms with van der Waals surface area (Å²) in [5.74, 6) is 2.49. The van der Waals surface area contributed by atoms with Gasteiger partial charge in [-0.1, -0.05) is 13.3 Å². The van der Waals surface area contributed by atoms with Gasteiger partial charge in [0.25, 0.3) is 0 Å². The summed E-state index contributed by atoms with van der Waals surface area (Å²) in [6, 6.07) is 0.690. The topological polar surface area (TPSA) is 32.3 Å². The van der Waals surface area contributed by atoms with E-state index in [9.17, 15) is 4.79 Å². The normalized spacial score (nSPS) is 37.5. The monoisotopic (exact) mass is 236 g/mol. The van der Waals surface area contributed by atoms with Gasteiger partial charge in [0.2, 0.25) is 0 Å². The second-order valence-corrected chi connectivity index (χ2v) is 6.40. The van der Waals surface area contributed by atoms with Crippen molar-refractivity contribution in [3.8, 4) is 0 Å². The van der Waals surface area contributed by atoms with Crippen LogP contribution in [-0.4, -0.2) is 30.1 Å². The Morgan fingerprint density at radius 2 is 1.88 bits per heavy atom. The summed E-state index contributed by atoms with van der Waals surface area (Å²) in [5, 5.41) is 3.28. The molecule has 2 saturated carbocycles. The van der Waals surface area contributed by atoms with Gasteiger partial charge in [0, 0.05) is 19.1 Å². The summed E-state index contributed by atoms with van der Waals surface area (Å²) in [4.78, 5) is 14.2. The molecule has 0 aromatic heterocycles. The zero-order chi connectivity index (χ0) is 11.8. The minimum absolute atomic E-state index is 0.203. The number of hydrogen-bond donors (Lipinski definition) is 1. The Morgan fingerprint density at radius 3 is 2.47 bits per heavy atom. The lowest BCUT2D eigenvalue weighted by Gasteiger charge is -2.32. The number of carbonyl (C=O) groups is 1. The van der Waals surface area contributed by atoms with E-state index in [0.29, 0.717) is 6.04 Å². The third-order valence-electron chi connectivity index (χ3n) is 5.12. The molecule has 2 aliphatic carbocycles. The highest BCUT2D eigenvalue weighted by molar-refractivity contribution is 5.74. The number of urea groups is 1. The molecule has 3 atom stereocenters. The number of rotatable bonds is 1. The van der Waals surface area contributed by atoms with Gasteiger partial charge in [-0.05, 0) is 49.9 Å². The smallest absolute Gasteiger partial charge is 0.317 e. The molecular weight excluding hydrogens is 212 g/mol. The highest BCUT2D eigenvalue weighted by Crippen LogP contribution is 2.44. The molecule has 3 heteroatoms. The van der Waals surface area contributed by atoms with Crippen molar-refractivity contribution in [1.82, 2.24) is 10.2 Å². The minimum atomic E-state index is 0.203. The van der Waals surface area contributed by atoms with Crippen molar-refractivity contribution in [2.45, 2.75) is 51.5 Å². The van der Waals surface area contributed by atoms with E-state index in [4.69, 9.17) is 0 Å². The van der Waals surface area contributed by atoms with Crippen LogP contribution in [0.3, 0.4) is 0 Å². The second kappa shape index (κ2) is 4.51. The molecule has 3 aliphatic rings. The molecule has 3 nitrogen and oxygen atoms in total. The van der Waals surface area contributed by atoms with Crippen LogP contribution in [0.15, 0.2) is 0 Å². The zero-order valence-corrected chi connectivity index (χ0v) is 10.8. The molecule has 0 radical (unpaired) electrons. The van der Waals surface area contributed by atoms with Crippen molar-refractivity contribution in [2.24, 2.45) is 17.8 Å². The SMILES string of the molecule is CC1CCN(C(=O)NC2CC3CCC2C3)CC1. The third kappa shape index (κ3) is 2.29. The van der Waals surface area contributed by atoms with Crippen LogP contribution < -0.4 is 5.32 Å². The molecular formula is C14H24N2O. The fourth-order valence-electron chi connectivity index (χ4n) is 3.88. The van der Waals surface area contributed by atoms with Crippen molar-refractivity contribution >= 4 is 6.03 Å². The zero-order valence-electron chi connectivity index (χ0n) is 10.8. The van der Waals surface area contributed by atoms with Crippen LogP contribution in [0.1, 0.15) is 45.4 Å². The van der Waals surface area contributed by atoms with Gasteiger partial charge in [0.05, 0.1) is 0 Å². The number of amides is 2. The Kier molecular flexibility index (Phi) is 3.01. The van der Waals surface area contributed by atoms with Crippen LogP contribution in [0, 0.1) is 17.8 Å². The van der Waals surface area contributed by atoms with E-state index in [1.165, 1.54) is 38.5 Å². The molecule has 1 aliphatic heterocycles. The lowest BCUT2D eigenvalue weighted by atomic mass is 9.95. The third-order valence-corrected chi connectivity index (χ3v) is 5.12. The van der Waals surface area contributed by atoms with Gasteiger partial charge in [0.15, 0.2) is 0 Å². The Hall–Kier alpha value is -0.730. The standard InChI is InChI=1S/C14H24N2O/c1-10-4-6-16(7-5-10)14(17)15-13-9-11-2-3-12(13)8-11/h10-13H,2-9H2,1H3,(H,15,17). The van der Waals surface area contributed by atoms with Crippen molar-refractivity contribution in [3.63, 3.8) is 0 Å². The summed E-state index contributed by atoms with van der Waals surface area (Å²) in [6.45, 7) is 4.19. The van der Waals surface area contributed by atoms with Gasteiger partial charge >= 0.3 is 6.03 Å². The number of nitrogens with zero attached hydrogens (tertiary/aromatic N) is 1. The molecule has 1 saturated heterocycles. The quantitative estimate of drug-likeness (QED) is 0.745. The van der Waals surface area contributed by atoms with Gasteiger partial charge in [-0.2, -0.15) is 0 Å². The number of piperidine rings is 1. The lowest BCUT2D eigenvalue weighted by molar-refractivity contribution is 0.166. The van der Waals surface area contributed by atoms with Crippen LogP contribution in [0.4, 0.5) is 4.79 Å². The van der Waals surface area contributed by atoms with E-state index < -0.39 is 0 Å². The largest absolute Gasteiger partial charge is 0.335 e. The molecule has 3 unspecified atom stereocenters. The first kappa shape index (κ1) is 11.4. The van der Waals surface area contributed by atoms with Gasteiger partial charge in [-0.15, -0.1) is 0 Å². The van der Waals surface area contributed by atoms with Crippen LogP contribution in [-0.2, 0) is 0 Å². The van der Waals surface area contributed by atoms with E-state index in [1.807, 2.05) is 4.90 Å². The number of fused-ring (bicyclic) bond motifs is 2. The van der Waals surface area contributed by atoms with Crippen LogP contribution >= 0.6 is 0 Å². The molecule has 96 valence electrons. The first-order valence-corrected chi connectivity index (χ1v) is 7.28. The van der Waals surface area contributed by atoms with Crippen molar-refractivity contribution in [2.75, 3.05) is 13.1 Å². The predicted molar refractivity (Wildman–Crippen MR) is 67.7 cm³/mol. The van der Waals surface area contributed by atoms with Gasteiger partial charge in [0.1, 0.15) is 0 Å². The first-order valence-electron chi connectivity index (χ1n) is 7.28. The maximum atomic E-state index is 12.2. The summed E-state index contributed by atoms with van der Waals surface area (Å²) < 4.78 is 0. The van der Waals surface area contributed by atoms with Crippen molar-refractivity contribution in [3.05, 3.63) is 0 Å². The summed E-state index contributed by atoms with van der Waals surface area (Å²) in [6.07, 6.45) is 7.68. The Labute approximate surface area is 104 Å². The van der Waals surface area contributed by atoms with Crippen LogP contribution in [0.5, 0.6) is 0 Å². The van der Waals surface area contributed by atoms with Crippen molar-refractivity contribution in [1.29, 1.82) is 0 Å². The van der Waals surface area contributed by atoms with E-state index in [1.54, 1.807) is 0 Å². The molecule has 2 amide bonds. The number of hydrogen-bond acceptors (Lipinski definition) is 1. The number of nitrogens with one attached hydrogen (secondary N) is 1. The predicted octanol–water partition coefficient (Wildman–Crippen LogP) is 2.62. The molecule has 1 heterocycles. The molecule has 0 spiro atoms. The van der Waals surface area contributed by atoms with E-state index in [-0.39, 0.29) is 6.03 Å². The fraction of sp³-hybridized carbons (Fsp3) is 0.929. The molecule has 0 aromatic carbocycles. The average molecular weight is 236 g/mol. The molecule has 3 fully saturated rings. The van der Waals surface area contributed by atoms with Gasteiger partial charge < -0.3 is 10.2 Å². The fourth-order valence-corrected chi connectivity index (χ4v) is 3.88. The molecule has 1 N–H and O–H groups in total. The Morgan fingerprint density at radius 1 is 1.12 bits per heavy atom. The minimum Gasteiger partial charge on any atom is -0.335 e. The molecule has 0 aromatic rings. The molecule has 17 heavy (non-hydrogen) atoms. The maximum Gasteiger partial charge on any atom is 0.317 e. The van der Waals surface area contributed by atoms with Crippen LogP contribution in [0.25, 0.3) is 0 Å². The van der Waals surface area contributed by atoms with Gasteiger partial charge in [-0.25, -0.2) is 4.79 Å². The average Bonchev–Trinajstić information content (AvgIpc) is 2.91. The molecule has 2 bridgehead atoms. The van der Waals surface area contributed by atoms with Gasteiger partial charge in [-0.3, -0.25) is 0 Å². The summed E-state index contributed by atoms with van der Waals surface area (Å²) in [7, 11) is 0. The van der Waals surface area contributed by atoms with Crippen molar-refractivity contribution < 1.29 is 4.79 Å². The molecule has 3 rings (SSSR count). The summed E-state index contributed by atoms with van der Waals surface area (Å²) in [5.41, 5.74) is 0. The Balaban J connectivity index is 1.50. The number of likely N-dealkylation sites (tertiary alicyclic amines) is 1. The highest BCUT2D eigenvalue weighted by Gasteiger charge is 2.40.